The van der Waals surface area contributed by atoms with E-state index >= 15 is 0 Å². The molecule has 9 heteroatoms. The Labute approximate surface area is 217 Å². The molecule has 0 bridgehead atoms. The number of carbonyl (C=O) groups excluding carboxylic acids is 4. The molecule has 2 rings (SSSR count). The zero-order valence-corrected chi connectivity index (χ0v) is 20.9. The highest BCUT2D eigenvalue weighted by Crippen LogP contribution is 2.08. The molecule has 0 aliphatic heterocycles. The summed E-state index contributed by atoms with van der Waals surface area (Å²) < 4.78 is 0. The number of aliphatic carboxylic acids is 1. The third-order valence-electron chi connectivity index (χ3n) is 5.81. The average Bonchev–Trinajstić information content (AvgIpc) is 2.91. The lowest BCUT2D eigenvalue weighted by atomic mass is 10.0. The Morgan fingerprint density at radius 1 is 0.811 bits per heavy atom. The summed E-state index contributed by atoms with van der Waals surface area (Å²) in [5, 5.41) is 17.0. The van der Waals surface area contributed by atoms with Gasteiger partial charge in [-0.2, -0.15) is 0 Å². The quantitative estimate of drug-likeness (QED) is 0.275. The lowest BCUT2D eigenvalue weighted by Crippen LogP contribution is -2.55. The second kappa shape index (κ2) is 15.9. The summed E-state index contributed by atoms with van der Waals surface area (Å²) >= 11 is 0. The van der Waals surface area contributed by atoms with E-state index in [0.29, 0.717) is 31.2 Å². The zero-order chi connectivity index (χ0) is 27.0. The van der Waals surface area contributed by atoms with Crippen LogP contribution in [0, 0.1) is 0 Å². The van der Waals surface area contributed by atoms with Gasteiger partial charge >= 0.3 is 5.97 Å². The number of rotatable bonds is 16. The van der Waals surface area contributed by atoms with E-state index in [1.165, 1.54) is 0 Å². The highest BCUT2D eigenvalue weighted by atomic mass is 16.4. The van der Waals surface area contributed by atoms with Crippen molar-refractivity contribution in [1.29, 1.82) is 0 Å². The summed E-state index contributed by atoms with van der Waals surface area (Å²) in [6, 6.07) is 14.8. The van der Waals surface area contributed by atoms with Crippen LogP contribution in [0.4, 0.5) is 0 Å². The minimum atomic E-state index is -1.16. The molecule has 2 aromatic carbocycles. The molecule has 0 unspecified atom stereocenters. The standard InChI is InChI=1S/C28H34N3O6/c1-2-3-14-23(27(36)29-22(19-32)16-15-20-10-6-4-7-11-20)31-28(37)24(17-18-25(33)34)30-26(35)21-12-8-5-9-13-21/h4-13,22-24H,2-3,14-18H2,1H3,(H,29,36)(H,30,35)(H,31,37)(H,33,34)/t22-,23-,24-/m0/s1. The molecule has 0 aliphatic carbocycles. The maximum Gasteiger partial charge on any atom is 0.303 e. The van der Waals surface area contributed by atoms with Crippen LogP contribution >= 0.6 is 0 Å². The van der Waals surface area contributed by atoms with Gasteiger partial charge in [-0.15, -0.1) is 0 Å². The summed E-state index contributed by atoms with van der Waals surface area (Å²) in [5.74, 6) is -2.85. The van der Waals surface area contributed by atoms with Gasteiger partial charge in [0.2, 0.25) is 18.1 Å². The van der Waals surface area contributed by atoms with Crippen LogP contribution in [0.5, 0.6) is 0 Å². The van der Waals surface area contributed by atoms with Crippen molar-refractivity contribution < 1.29 is 29.1 Å². The molecular formula is C28H34N3O6. The van der Waals surface area contributed by atoms with E-state index in [2.05, 4.69) is 16.0 Å². The zero-order valence-electron chi connectivity index (χ0n) is 20.9. The number of unbranched alkanes of at least 4 members (excludes halogenated alkanes) is 1. The van der Waals surface area contributed by atoms with Gasteiger partial charge in [-0.1, -0.05) is 68.3 Å². The number of carboxylic acid groups (broad SMARTS) is 1. The number of amides is 3. The first kappa shape index (κ1) is 29.2. The van der Waals surface area contributed by atoms with Crippen molar-refractivity contribution in [2.24, 2.45) is 0 Å². The Kier molecular flexibility index (Phi) is 12.5. The topological polar surface area (TPSA) is 142 Å². The molecule has 4 N–H and O–H groups in total. The molecule has 9 nitrogen and oxygen atoms in total. The number of nitrogens with one attached hydrogen (secondary N) is 3. The fourth-order valence-corrected chi connectivity index (χ4v) is 3.71. The lowest BCUT2D eigenvalue weighted by Gasteiger charge is -2.24. The second-order valence-corrected chi connectivity index (χ2v) is 8.73. The molecular weight excluding hydrogens is 474 g/mol. The van der Waals surface area contributed by atoms with Gasteiger partial charge in [-0.05, 0) is 43.4 Å². The van der Waals surface area contributed by atoms with Crippen molar-refractivity contribution in [3.63, 3.8) is 0 Å². The van der Waals surface area contributed by atoms with Crippen LogP contribution < -0.4 is 16.0 Å². The number of carboxylic acids is 1. The van der Waals surface area contributed by atoms with Crippen molar-refractivity contribution in [3.8, 4) is 0 Å². The molecule has 3 amide bonds. The van der Waals surface area contributed by atoms with Gasteiger partial charge in [0.25, 0.3) is 5.91 Å². The molecule has 0 aliphatic rings. The van der Waals surface area contributed by atoms with Crippen molar-refractivity contribution in [1.82, 2.24) is 16.0 Å². The SMILES string of the molecule is CCCC[C@H](NC(=O)[C@H](CCC(=O)O)NC(=O)c1ccccc1)C(=O)N[C@H]([C]=O)CCc1ccccc1. The van der Waals surface area contributed by atoms with Gasteiger partial charge in [-0.25, -0.2) is 0 Å². The van der Waals surface area contributed by atoms with Gasteiger partial charge in [0.1, 0.15) is 12.1 Å². The Hall–Kier alpha value is -4.01. The summed E-state index contributed by atoms with van der Waals surface area (Å²) in [5.41, 5.74) is 1.34. The molecule has 0 heterocycles. The lowest BCUT2D eigenvalue weighted by molar-refractivity contribution is -0.137. The van der Waals surface area contributed by atoms with E-state index in [-0.39, 0.29) is 12.8 Å². The summed E-state index contributed by atoms with van der Waals surface area (Å²) in [6.45, 7) is 1.94. The van der Waals surface area contributed by atoms with E-state index in [9.17, 15) is 24.0 Å². The third kappa shape index (κ3) is 10.6. The summed E-state index contributed by atoms with van der Waals surface area (Å²) in [6.07, 6.45) is 3.99. The number of aryl methyl sites for hydroxylation is 1. The van der Waals surface area contributed by atoms with E-state index in [0.717, 1.165) is 12.0 Å². The van der Waals surface area contributed by atoms with Gasteiger partial charge in [0.05, 0.1) is 6.04 Å². The molecule has 0 spiro atoms. The largest absolute Gasteiger partial charge is 0.481 e. The predicted octanol–water partition coefficient (Wildman–Crippen LogP) is 2.55. The Bertz CT molecular complexity index is 1030. The maximum absolute atomic E-state index is 13.1. The molecule has 0 saturated carbocycles. The van der Waals surface area contributed by atoms with Gasteiger partial charge in [0.15, 0.2) is 0 Å². The first-order valence-electron chi connectivity index (χ1n) is 12.4. The van der Waals surface area contributed by atoms with Crippen LogP contribution in [0.2, 0.25) is 0 Å². The van der Waals surface area contributed by atoms with E-state index in [1.807, 2.05) is 43.5 Å². The minimum absolute atomic E-state index is 0.149. The molecule has 0 fully saturated rings. The molecule has 2 aromatic rings. The summed E-state index contributed by atoms with van der Waals surface area (Å²) in [4.78, 5) is 61.3. The van der Waals surface area contributed by atoms with Crippen molar-refractivity contribution in [2.45, 2.75) is 70.0 Å². The summed E-state index contributed by atoms with van der Waals surface area (Å²) in [7, 11) is 0. The number of hydrogen-bond acceptors (Lipinski definition) is 5. The van der Waals surface area contributed by atoms with Crippen molar-refractivity contribution >= 4 is 30.0 Å². The number of hydrogen-bond donors (Lipinski definition) is 4. The molecule has 0 aromatic heterocycles. The fraction of sp³-hybridized carbons (Fsp3) is 0.393. The maximum atomic E-state index is 13.1. The predicted molar refractivity (Wildman–Crippen MR) is 138 cm³/mol. The Morgan fingerprint density at radius 2 is 1.41 bits per heavy atom. The fourth-order valence-electron chi connectivity index (χ4n) is 3.71. The second-order valence-electron chi connectivity index (χ2n) is 8.73. The molecule has 0 saturated heterocycles. The van der Waals surface area contributed by atoms with Crippen LogP contribution in [0.15, 0.2) is 60.7 Å². The average molecular weight is 509 g/mol. The van der Waals surface area contributed by atoms with Crippen LogP contribution in [-0.2, 0) is 25.6 Å². The molecule has 1 radical (unpaired) electrons. The van der Waals surface area contributed by atoms with Crippen molar-refractivity contribution in [3.05, 3.63) is 71.8 Å². The molecule has 3 atom stereocenters. The Morgan fingerprint density at radius 3 is 2.00 bits per heavy atom. The minimum Gasteiger partial charge on any atom is -0.481 e. The van der Waals surface area contributed by atoms with Gasteiger partial charge < -0.3 is 21.1 Å². The normalized spacial score (nSPS) is 13.0. The monoisotopic (exact) mass is 508 g/mol. The highest BCUT2D eigenvalue weighted by molar-refractivity contribution is 5.98. The van der Waals surface area contributed by atoms with Gasteiger partial charge in [0, 0.05) is 12.0 Å². The third-order valence-corrected chi connectivity index (χ3v) is 5.81. The van der Waals surface area contributed by atoms with Crippen LogP contribution in [0.1, 0.15) is 61.4 Å². The van der Waals surface area contributed by atoms with Crippen LogP contribution in [0.25, 0.3) is 0 Å². The van der Waals surface area contributed by atoms with Crippen molar-refractivity contribution in [2.75, 3.05) is 0 Å². The highest BCUT2D eigenvalue weighted by Gasteiger charge is 2.28. The first-order valence-corrected chi connectivity index (χ1v) is 12.4. The Balaban J connectivity index is 2.07. The number of carbonyl (C=O) groups is 4. The van der Waals surface area contributed by atoms with Gasteiger partial charge in [-0.3, -0.25) is 24.0 Å². The van der Waals surface area contributed by atoms with E-state index < -0.39 is 41.8 Å². The van der Waals surface area contributed by atoms with Crippen LogP contribution in [-0.4, -0.2) is 53.2 Å². The van der Waals surface area contributed by atoms with E-state index in [4.69, 9.17) is 5.11 Å². The first-order chi connectivity index (χ1) is 17.8. The molecule has 197 valence electrons. The van der Waals surface area contributed by atoms with E-state index in [1.54, 1.807) is 30.3 Å². The smallest absolute Gasteiger partial charge is 0.303 e. The molecule has 37 heavy (non-hydrogen) atoms. The number of benzene rings is 2. The van der Waals surface area contributed by atoms with Crippen LogP contribution in [0.3, 0.4) is 0 Å².